The average Bonchev–Trinajstić information content (AvgIpc) is 2.74. The summed E-state index contributed by atoms with van der Waals surface area (Å²) >= 11 is 7.68. The summed E-state index contributed by atoms with van der Waals surface area (Å²) in [6.45, 7) is 2.03. The zero-order valence-electron chi connectivity index (χ0n) is 9.74. The normalized spacial score (nSPS) is 12.5. The Morgan fingerprint density at radius 3 is 2.65 bits per heavy atom. The van der Waals surface area contributed by atoms with E-state index in [1.165, 1.54) is 0 Å². The van der Waals surface area contributed by atoms with Gasteiger partial charge in [0.2, 0.25) is 0 Å². The molecule has 0 amide bonds. The van der Waals surface area contributed by atoms with E-state index in [0.717, 1.165) is 26.8 Å². The van der Waals surface area contributed by atoms with Crippen LogP contribution in [0, 0.1) is 6.92 Å². The largest absolute Gasteiger partial charge is 0.497 e. The number of hydrogen-bond donors (Lipinski definition) is 1. The molecule has 0 aliphatic heterocycles. The molecule has 0 radical (unpaired) electrons. The second-order valence-corrected chi connectivity index (χ2v) is 5.19. The van der Waals surface area contributed by atoms with E-state index in [9.17, 15) is 0 Å². The van der Waals surface area contributed by atoms with Crippen molar-refractivity contribution in [3.8, 4) is 5.75 Å². The van der Waals surface area contributed by atoms with Crippen molar-refractivity contribution in [2.45, 2.75) is 13.0 Å². The highest BCUT2D eigenvalue weighted by molar-refractivity contribution is 7.10. The van der Waals surface area contributed by atoms with Crippen molar-refractivity contribution in [2.75, 3.05) is 7.11 Å². The zero-order valence-corrected chi connectivity index (χ0v) is 11.3. The molecule has 1 aromatic carbocycles. The molecule has 0 aliphatic carbocycles. The molecule has 2 N–H and O–H groups in total. The number of aryl methyl sites for hydroxylation is 1. The van der Waals surface area contributed by atoms with Crippen molar-refractivity contribution in [1.82, 2.24) is 0 Å². The number of thiophene rings is 1. The van der Waals surface area contributed by atoms with E-state index < -0.39 is 0 Å². The van der Waals surface area contributed by atoms with Crippen molar-refractivity contribution < 1.29 is 4.74 Å². The Hall–Kier alpha value is -1.03. The van der Waals surface area contributed by atoms with Gasteiger partial charge in [-0.2, -0.15) is 0 Å². The Morgan fingerprint density at radius 2 is 2.12 bits per heavy atom. The molecule has 4 heteroatoms. The Morgan fingerprint density at radius 1 is 1.35 bits per heavy atom. The molecule has 0 spiro atoms. The van der Waals surface area contributed by atoms with Crippen LogP contribution in [0.1, 0.15) is 22.0 Å². The topological polar surface area (TPSA) is 35.2 Å². The van der Waals surface area contributed by atoms with Crippen molar-refractivity contribution >= 4 is 22.9 Å². The molecule has 0 bridgehead atoms. The summed E-state index contributed by atoms with van der Waals surface area (Å²) < 4.78 is 5.18. The molecule has 0 saturated carbocycles. The highest BCUT2D eigenvalue weighted by Crippen LogP contribution is 2.33. The minimum Gasteiger partial charge on any atom is -0.497 e. The van der Waals surface area contributed by atoms with E-state index in [1.54, 1.807) is 18.4 Å². The second kappa shape index (κ2) is 5.08. The number of benzene rings is 1. The van der Waals surface area contributed by atoms with Crippen LogP contribution in [0.3, 0.4) is 0 Å². The molecule has 0 aliphatic rings. The van der Waals surface area contributed by atoms with Crippen LogP contribution < -0.4 is 10.5 Å². The number of halogens is 1. The van der Waals surface area contributed by atoms with Gasteiger partial charge in [0, 0.05) is 4.88 Å². The molecule has 2 rings (SSSR count). The number of methoxy groups -OCH3 is 1. The fourth-order valence-electron chi connectivity index (χ4n) is 1.79. The first-order valence-electron chi connectivity index (χ1n) is 5.26. The van der Waals surface area contributed by atoms with Gasteiger partial charge in [-0.15, -0.1) is 11.3 Å². The molecule has 90 valence electrons. The Bertz CT molecular complexity index is 524. The van der Waals surface area contributed by atoms with E-state index in [4.69, 9.17) is 22.1 Å². The van der Waals surface area contributed by atoms with Gasteiger partial charge in [0.1, 0.15) is 5.75 Å². The number of rotatable bonds is 3. The SMILES string of the molecule is COc1ccc(C(N)c2sccc2Cl)c(C)c1. The van der Waals surface area contributed by atoms with Crippen molar-refractivity contribution in [3.05, 3.63) is 50.7 Å². The van der Waals surface area contributed by atoms with Gasteiger partial charge in [-0.25, -0.2) is 0 Å². The van der Waals surface area contributed by atoms with E-state index in [2.05, 4.69) is 0 Å². The molecular formula is C13H14ClNOS. The smallest absolute Gasteiger partial charge is 0.119 e. The van der Waals surface area contributed by atoms with E-state index in [0.29, 0.717) is 0 Å². The predicted octanol–water partition coefficient (Wildman–Crippen LogP) is 3.77. The summed E-state index contributed by atoms with van der Waals surface area (Å²) in [5, 5.41) is 2.69. The molecule has 2 aromatic rings. The molecular weight excluding hydrogens is 254 g/mol. The lowest BCUT2D eigenvalue weighted by molar-refractivity contribution is 0.414. The Balaban J connectivity index is 2.38. The lowest BCUT2D eigenvalue weighted by Gasteiger charge is -2.14. The van der Waals surface area contributed by atoms with Gasteiger partial charge < -0.3 is 10.5 Å². The minimum absolute atomic E-state index is 0.173. The fourth-order valence-corrected chi connectivity index (χ4v) is 2.99. The predicted molar refractivity (Wildman–Crippen MR) is 73.1 cm³/mol. The van der Waals surface area contributed by atoms with E-state index in [-0.39, 0.29) is 6.04 Å². The van der Waals surface area contributed by atoms with Gasteiger partial charge in [-0.1, -0.05) is 17.7 Å². The molecule has 0 fully saturated rings. The van der Waals surface area contributed by atoms with Crippen LogP contribution in [0.15, 0.2) is 29.6 Å². The van der Waals surface area contributed by atoms with Crippen LogP contribution in [0.4, 0.5) is 0 Å². The quantitative estimate of drug-likeness (QED) is 0.919. The van der Waals surface area contributed by atoms with Crippen molar-refractivity contribution in [2.24, 2.45) is 5.73 Å². The fraction of sp³-hybridized carbons (Fsp3) is 0.231. The molecule has 1 unspecified atom stereocenters. The lowest BCUT2D eigenvalue weighted by atomic mass is 10.0. The van der Waals surface area contributed by atoms with Crippen LogP contribution in [-0.4, -0.2) is 7.11 Å². The average molecular weight is 268 g/mol. The highest BCUT2D eigenvalue weighted by Gasteiger charge is 2.16. The maximum Gasteiger partial charge on any atom is 0.119 e. The first-order chi connectivity index (χ1) is 8.13. The summed E-state index contributed by atoms with van der Waals surface area (Å²) in [6.07, 6.45) is 0. The number of ether oxygens (including phenoxy) is 1. The third kappa shape index (κ3) is 2.46. The Labute approximate surface area is 110 Å². The standard InChI is InChI=1S/C13H14ClNOS/c1-8-7-9(16-2)3-4-10(8)12(15)13-11(14)5-6-17-13/h3-7,12H,15H2,1-2H3. The van der Waals surface area contributed by atoms with Crippen LogP contribution in [0.25, 0.3) is 0 Å². The molecule has 1 heterocycles. The highest BCUT2D eigenvalue weighted by atomic mass is 35.5. The summed E-state index contributed by atoms with van der Waals surface area (Å²) in [4.78, 5) is 1.000. The number of hydrogen-bond acceptors (Lipinski definition) is 3. The van der Waals surface area contributed by atoms with E-state index in [1.807, 2.05) is 36.6 Å². The lowest BCUT2D eigenvalue weighted by Crippen LogP contribution is -2.12. The van der Waals surface area contributed by atoms with Gasteiger partial charge >= 0.3 is 0 Å². The van der Waals surface area contributed by atoms with Crippen molar-refractivity contribution in [1.29, 1.82) is 0 Å². The second-order valence-electron chi connectivity index (χ2n) is 3.83. The van der Waals surface area contributed by atoms with Gasteiger partial charge in [-0.3, -0.25) is 0 Å². The van der Waals surface area contributed by atoms with Gasteiger partial charge in [0.15, 0.2) is 0 Å². The van der Waals surface area contributed by atoms with Gasteiger partial charge in [0.05, 0.1) is 18.2 Å². The maximum absolute atomic E-state index is 6.24. The summed E-state index contributed by atoms with van der Waals surface area (Å²) in [5.41, 5.74) is 8.43. The monoisotopic (exact) mass is 267 g/mol. The summed E-state index contributed by atoms with van der Waals surface area (Å²) in [7, 11) is 1.66. The summed E-state index contributed by atoms with van der Waals surface area (Å²) in [5.74, 6) is 0.843. The Kier molecular flexibility index (Phi) is 3.72. The molecule has 1 atom stereocenters. The zero-order chi connectivity index (χ0) is 12.4. The van der Waals surface area contributed by atoms with Gasteiger partial charge in [-0.05, 0) is 41.6 Å². The molecule has 0 saturated heterocycles. The first-order valence-corrected chi connectivity index (χ1v) is 6.52. The van der Waals surface area contributed by atoms with Crippen LogP contribution in [-0.2, 0) is 0 Å². The van der Waals surface area contributed by atoms with Gasteiger partial charge in [0.25, 0.3) is 0 Å². The van der Waals surface area contributed by atoms with Crippen LogP contribution in [0.2, 0.25) is 5.02 Å². The number of nitrogens with two attached hydrogens (primary N) is 1. The van der Waals surface area contributed by atoms with Crippen molar-refractivity contribution in [3.63, 3.8) is 0 Å². The summed E-state index contributed by atoms with van der Waals surface area (Å²) in [6, 6.07) is 7.60. The van der Waals surface area contributed by atoms with E-state index >= 15 is 0 Å². The third-order valence-electron chi connectivity index (χ3n) is 2.74. The maximum atomic E-state index is 6.24. The van der Waals surface area contributed by atoms with Crippen LogP contribution >= 0.6 is 22.9 Å². The minimum atomic E-state index is -0.173. The van der Waals surface area contributed by atoms with Crippen LogP contribution in [0.5, 0.6) is 5.75 Å². The first kappa shape index (κ1) is 12.4. The third-order valence-corrected chi connectivity index (χ3v) is 4.18. The molecule has 2 nitrogen and oxygen atoms in total. The molecule has 17 heavy (non-hydrogen) atoms. The molecule has 1 aromatic heterocycles.